The number of carboxylic acids is 1. The van der Waals surface area contributed by atoms with Crippen LogP contribution in [0, 0.1) is 0 Å². The van der Waals surface area contributed by atoms with Crippen LogP contribution in [0.1, 0.15) is 24.8 Å². The number of hydrogen-bond acceptors (Lipinski definition) is 4. The molecule has 0 aliphatic carbocycles. The quantitative estimate of drug-likeness (QED) is 0.578. The smallest absolute Gasteiger partial charge is 0.351 e. The summed E-state index contributed by atoms with van der Waals surface area (Å²) < 4.78 is 0. The zero-order valence-corrected chi connectivity index (χ0v) is 11.9. The Morgan fingerprint density at radius 3 is 2.62 bits per heavy atom. The molecule has 1 atom stereocenters. The number of carboxylic acid groups (broad SMARTS) is 1. The highest BCUT2D eigenvalue weighted by Gasteiger charge is 2.27. The predicted octanol–water partition coefficient (Wildman–Crippen LogP) is 1.31. The lowest BCUT2D eigenvalue weighted by molar-refractivity contribution is -0.129. The lowest BCUT2D eigenvalue weighted by Crippen LogP contribution is -2.50. The minimum atomic E-state index is -1.15. The average molecular weight is 309 g/mol. The first-order valence-electron chi connectivity index (χ1n) is 6.13. The van der Waals surface area contributed by atoms with E-state index >= 15 is 0 Å². The van der Waals surface area contributed by atoms with Crippen LogP contribution in [-0.4, -0.2) is 28.5 Å². The lowest BCUT2D eigenvalue weighted by Gasteiger charge is -2.25. The number of amides is 1. The summed E-state index contributed by atoms with van der Waals surface area (Å²) >= 11 is 5.84. The summed E-state index contributed by atoms with van der Waals surface area (Å²) in [7, 11) is 0. The summed E-state index contributed by atoms with van der Waals surface area (Å²) in [5.74, 6) is -1.30. The molecule has 1 amide bonds. The fourth-order valence-corrected chi connectivity index (χ4v) is 1.92. The van der Waals surface area contributed by atoms with Crippen LogP contribution < -0.4 is 10.9 Å². The Hall–Kier alpha value is -2.41. The van der Waals surface area contributed by atoms with Gasteiger partial charge in [0.1, 0.15) is 5.71 Å². The van der Waals surface area contributed by atoms with Crippen molar-refractivity contribution in [2.24, 2.45) is 10.2 Å². The van der Waals surface area contributed by atoms with Crippen molar-refractivity contribution < 1.29 is 14.7 Å². The van der Waals surface area contributed by atoms with Crippen LogP contribution in [0.5, 0.6) is 0 Å². The zero-order valence-electron chi connectivity index (χ0n) is 11.1. The van der Waals surface area contributed by atoms with Gasteiger partial charge in [0.05, 0.1) is 5.92 Å². The van der Waals surface area contributed by atoms with Crippen molar-refractivity contribution in [1.82, 2.24) is 10.9 Å². The number of carbonyl (C=O) groups is 2. The fourth-order valence-electron chi connectivity index (χ4n) is 1.79. The van der Waals surface area contributed by atoms with E-state index in [1.54, 1.807) is 24.3 Å². The number of carbonyl (C=O) groups excluding carboxylic acids is 1. The Morgan fingerprint density at radius 2 is 2.00 bits per heavy atom. The van der Waals surface area contributed by atoms with Gasteiger partial charge < -0.3 is 5.11 Å². The van der Waals surface area contributed by atoms with Crippen molar-refractivity contribution in [2.75, 3.05) is 0 Å². The SMILES string of the molecule is C/C(=N\N=C1/NNC(=O)CC1c1ccc(Cl)cc1)C(=O)O. The molecule has 1 aromatic rings. The Labute approximate surface area is 125 Å². The Bertz CT molecular complexity index is 625. The van der Waals surface area contributed by atoms with Gasteiger partial charge in [-0.1, -0.05) is 23.7 Å². The Morgan fingerprint density at radius 1 is 1.33 bits per heavy atom. The van der Waals surface area contributed by atoms with Crippen LogP contribution in [0.4, 0.5) is 0 Å². The summed E-state index contributed by atoms with van der Waals surface area (Å²) in [5.41, 5.74) is 5.77. The summed E-state index contributed by atoms with van der Waals surface area (Å²) in [5, 5.41) is 16.9. The molecule has 1 unspecified atom stereocenters. The molecule has 0 spiro atoms. The van der Waals surface area contributed by atoms with Crippen molar-refractivity contribution in [1.29, 1.82) is 0 Å². The summed E-state index contributed by atoms with van der Waals surface area (Å²) in [6, 6.07) is 7.01. The van der Waals surface area contributed by atoms with Crippen LogP contribution in [0.25, 0.3) is 0 Å². The van der Waals surface area contributed by atoms with E-state index in [1.807, 2.05) is 0 Å². The second kappa shape index (κ2) is 6.36. The first-order valence-corrected chi connectivity index (χ1v) is 6.51. The second-order valence-corrected chi connectivity index (χ2v) is 4.89. The number of benzene rings is 1. The molecule has 0 radical (unpaired) electrons. The van der Waals surface area contributed by atoms with Crippen molar-refractivity contribution >= 4 is 35.0 Å². The van der Waals surface area contributed by atoms with Gasteiger partial charge >= 0.3 is 5.97 Å². The first kappa shape index (κ1) is 15.0. The monoisotopic (exact) mass is 308 g/mol. The van der Waals surface area contributed by atoms with E-state index in [9.17, 15) is 9.59 Å². The third kappa shape index (κ3) is 3.79. The van der Waals surface area contributed by atoms with E-state index in [2.05, 4.69) is 21.1 Å². The molecule has 1 fully saturated rings. The van der Waals surface area contributed by atoms with E-state index < -0.39 is 5.97 Å². The van der Waals surface area contributed by atoms with Gasteiger partial charge in [-0.05, 0) is 24.6 Å². The Kier molecular flexibility index (Phi) is 4.54. The Balaban J connectivity index is 2.31. The van der Waals surface area contributed by atoms with Crippen LogP contribution in [0.15, 0.2) is 34.5 Å². The van der Waals surface area contributed by atoms with E-state index in [0.717, 1.165) is 5.56 Å². The lowest BCUT2D eigenvalue weighted by atomic mass is 9.93. The van der Waals surface area contributed by atoms with Gasteiger partial charge in [0.25, 0.3) is 0 Å². The number of nitrogens with one attached hydrogen (secondary N) is 2. The van der Waals surface area contributed by atoms with Crippen molar-refractivity contribution in [3.63, 3.8) is 0 Å². The number of nitrogens with zero attached hydrogens (tertiary/aromatic N) is 2. The van der Waals surface area contributed by atoms with Crippen molar-refractivity contribution in [2.45, 2.75) is 19.3 Å². The molecular weight excluding hydrogens is 296 g/mol. The predicted molar refractivity (Wildman–Crippen MR) is 78.3 cm³/mol. The molecule has 1 saturated heterocycles. The molecule has 21 heavy (non-hydrogen) atoms. The summed E-state index contributed by atoms with van der Waals surface area (Å²) in [6.07, 6.45) is 0.190. The fraction of sp³-hybridized carbons (Fsp3) is 0.231. The van der Waals surface area contributed by atoms with Gasteiger partial charge in [-0.2, -0.15) is 0 Å². The molecule has 0 aromatic heterocycles. The standard InChI is InChI=1S/C13H13ClN4O3/c1-7(13(20)21)15-17-12-10(6-11(19)16-18-12)8-2-4-9(14)5-3-8/h2-5,10H,6H2,1H3,(H,16,19)(H,17,18)(H,20,21)/b15-7+. The maximum atomic E-state index is 11.5. The van der Waals surface area contributed by atoms with Gasteiger partial charge in [-0.3, -0.25) is 15.6 Å². The topological polar surface area (TPSA) is 103 Å². The molecule has 1 aliphatic heterocycles. The number of aliphatic carboxylic acids is 1. The molecule has 7 nitrogen and oxygen atoms in total. The molecule has 0 bridgehead atoms. The average Bonchev–Trinajstić information content (AvgIpc) is 2.46. The molecular formula is C13H13ClN4O3. The minimum Gasteiger partial charge on any atom is -0.477 e. The zero-order chi connectivity index (χ0) is 15.4. The number of amidine groups is 1. The highest BCUT2D eigenvalue weighted by Crippen LogP contribution is 2.24. The van der Waals surface area contributed by atoms with Crippen LogP contribution in [0.2, 0.25) is 5.02 Å². The largest absolute Gasteiger partial charge is 0.477 e. The molecule has 3 N–H and O–H groups in total. The van der Waals surface area contributed by atoms with Crippen molar-refractivity contribution in [3.8, 4) is 0 Å². The second-order valence-electron chi connectivity index (χ2n) is 4.46. The maximum Gasteiger partial charge on any atom is 0.351 e. The van der Waals surface area contributed by atoms with Gasteiger partial charge in [0.2, 0.25) is 5.91 Å². The number of halogens is 1. The van der Waals surface area contributed by atoms with E-state index in [0.29, 0.717) is 10.9 Å². The highest BCUT2D eigenvalue weighted by atomic mass is 35.5. The van der Waals surface area contributed by atoms with Gasteiger partial charge in [-0.25, -0.2) is 4.79 Å². The number of hydrazine groups is 1. The van der Waals surface area contributed by atoms with Crippen LogP contribution >= 0.6 is 11.6 Å². The molecule has 1 aromatic carbocycles. The normalized spacial score (nSPS) is 20.9. The molecule has 8 heteroatoms. The van der Waals surface area contributed by atoms with Gasteiger partial charge in [-0.15, -0.1) is 10.2 Å². The third-order valence-electron chi connectivity index (χ3n) is 2.94. The number of hydrogen-bond donors (Lipinski definition) is 3. The molecule has 2 rings (SSSR count). The van der Waals surface area contributed by atoms with E-state index in [1.165, 1.54) is 6.92 Å². The van der Waals surface area contributed by atoms with Gasteiger partial charge in [0.15, 0.2) is 5.84 Å². The van der Waals surface area contributed by atoms with Crippen LogP contribution in [-0.2, 0) is 9.59 Å². The van der Waals surface area contributed by atoms with Crippen LogP contribution in [0.3, 0.4) is 0 Å². The third-order valence-corrected chi connectivity index (χ3v) is 3.19. The first-order chi connectivity index (χ1) is 9.97. The maximum absolute atomic E-state index is 11.5. The molecule has 0 saturated carbocycles. The molecule has 110 valence electrons. The number of rotatable bonds is 3. The molecule has 1 aliphatic rings. The van der Waals surface area contributed by atoms with E-state index in [-0.39, 0.29) is 24.0 Å². The summed E-state index contributed by atoms with van der Waals surface area (Å²) in [4.78, 5) is 22.2. The summed E-state index contributed by atoms with van der Waals surface area (Å²) in [6.45, 7) is 1.34. The van der Waals surface area contributed by atoms with Crippen molar-refractivity contribution in [3.05, 3.63) is 34.9 Å². The van der Waals surface area contributed by atoms with E-state index in [4.69, 9.17) is 16.7 Å². The molecule has 1 heterocycles. The highest BCUT2D eigenvalue weighted by molar-refractivity contribution is 6.34. The minimum absolute atomic E-state index is 0.143. The van der Waals surface area contributed by atoms with Gasteiger partial charge in [0, 0.05) is 11.4 Å².